The number of sulfonamides is 1. The number of piperidine rings is 1. The Morgan fingerprint density at radius 2 is 2.13 bits per heavy atom. The third-order valence-electron chi connectivity index (χ3n) is 4.46. The third-order valence-corrected chi connectivity index (χ3v) is 5.77. The van der Waals surface area contributed by atoms with Crippen LogP contribution in [0.3, 0.4) is 0 Å². The summed E-state index contributed by atoms with van der Waals surface area (Å²) in [6.45, 7) is 2.90. The average molecular weight is 338 g/mol. The van der Waals surface area contributed by atoms with Crippen LogP contribution in [0.1, 0.15) is 43.0 Å². The minimum atomic E-state index is -3.37. The number of carbonyl (C=O) groups is 1. The first-order chi connectivity index (χ1) is 11.0. The Bertz CT molecular complexity index is 702. The summed E-state index contributed by atoms with van der Waals surface area (Å²) in [7, 11) is -3.37. The second-order valence-electron chi connectivity index (χ2n) is 6.00. The van der Waals surface area contributed by atoms with Gasteiger partial charge in [-0.3, -0.25) is 9.52 Å². The molecule has 1 N–H and O–H groups in total. The highest BCUT2D eigenvalue weighted by atomic mass is 32.2. The van der Waals surface area contributed by atoms with Crippen LogP contribution in [0.25, 0.3) is 0 Å². The number of nitrogens with zero attached hydrogens (tertiary/aromatic N) is 1. The van der Waals surface area contributed by atoms with E-state index >= 15 is 0 Å². The lowest BCUT2D eigenvalue weighted by molar-refractivity contribution is 0.0549. The highest BCUT2D eigenvalue weighted by Gasteiger charge is 2.31. The van der Waals surface area contributed by atoms with E-state index in [2.05, 4.69) is 4.72 Å². The largest absolute Gasteiger partial charge is 0.493 e. The van der Waals surface area contributed by atoms with Gasteiger partial charge in [-0.2, -0.15) is 0 Å². The molecule has 0 aliphatic carbocycles. The molecule has 23 heavy (non-hydrogen) atoms. The Kier molecular flexibility index (Phi) is 4.48. The molecule has 1 atom stereocenters. The van der Waals surface area contributed by atoms with E-state index in [9.17, 15) is 13.2 Å². The zero-order valence-electron chi connectivity index (χ0n) is 13.2. The number of benzene rings is 1. The summed E-state index contributed by atoms with van der Waals surface area (Å²) in [6, 6.07) is 5.11. The van der Waals surface area contributed by atoms with Crippen molar-refractivity contribution in [3.8, 4) is 5.75 Å². The number of nitrogens with one attached hydrogen (secondary N) is 1. The van der Waals surface area contributed by atoms with Crippen LogP contribution in [0.2, 0.25) is 0 Å². The molecule has 0 aromatic heterocycles. The first-order valence-electron chi connectivity index (χ1n) is 8.08. The first kappa shape index (κ1) is 16.1. The van der Waals surface area contributed by atoms with E-state index in [0.29, 0.717) is 23.6 Å². The summed E-state index contributed by atoms with van der Waals surface area (Å²) in [5.41, 5.74) is 0.838. The van der Waals surface area contributed by atoms with E-state index in [4.69, 9.17) is 4.74 Å². The second kappa shape index (κ2) is 6.39. The van der Waals surface area contributed by atoms with E-state index in [1.807, 2.05) is 4.90 Å². The molecule has 0 saturated carbocycles. The SMILES string of the molecule is CCS(=O)(=O)Nc1ccc2c(c1)C(=O)N1CCCCC1CCO2. The number of anilines is 1. The molecular weight excluding hydrogens is 316 g/mol. The fourth-order valence-corrected chi connectivity index (χ4v) is 3.80. The summed E-state index contributed by atoms with van der Waals surface area (Å²) >= 11 is 0. The molecule has 2 aliphatic rings. The standard InChI is InChI=1S/C16H22N2O4S/c1-2-23(20,21)17-12-6-7-15-14(11-12)16(19)18-9-4-3-5-13(18)8-10-22-15/h6-7,11,13,17H,2-5,8-10H2,1H3. The molecule has 2 aliphatic heterocycles. The monoisotopic (exact) mass is 338 g/mol. The second-order valence-corrected chi connectivity index (χ2v) is 8.01. The van der Waals surface area contributed by atoms with Gasteiger partial charge in [0.2, 0.25) is 10.0 Å². The number of ether oxygens (including phenoxy) is 1. The Balaban J connectivity index is 1.94. The topological polar surface area (TPSA) is 75.7 Å². The van der Waals surface area contributed by atoms with E-state index in [1.54, 1.807) is 25.1 Å². The molecule has 0 radical (unpaired) electrons. The molecule has 2 heterocycles. The van der Waals surface area contributed by atoms with Crippen molar-refractivity contribution in [1.82, 2.24) is 4.90 Å². The van der Waals surface area contributed by atoms with Crippen molar-refractivity contribution >= 4 is 21.6 Å². The first-order valence-corrected chi connectivity index (χ1v) is 9.73. The van der Waals surface area contributed by atoms with Gasteiger partial charge >= 0.3 is 0 Å². The predicted molar refractivity (Wildman–Crippen MR) is 88.3 cm³/mol. The van der Waals surface area contributed by atoms with E-state index in [0.717, 1.165) is 32.2 Å². The normalized spacial score (nSPS) is 21.5. The van der Waals surface area contributed by atoms with Gasteiger partial charge in [0.25, 0.3) is 5.91 Å². The minimum Gasteiger partial charge on any atom is -0.493 e. The summed E-state index contributed by atoms with van der Waals surface area (Å²) in [6.07, 6.45) is 4.00. The zero-order valence-corrected chi connectivity index (χ0v) is 14.1. The maximum atomic E-state index is 12.9. The van der Waals surface area contributed by atoms with Gasteiger partial charge in [0.05, 0.1) is 17.9 Å². The lowest BCUT2D eigenvalue weighted by Gasteiger charge is -2.37. The average Bonchev–Trinajstić information content (AvgIpc) is 2.54. The molecule has 1 saturated heterocycles. The van der Waals surface area contributed by atoms with Crippen LogP contribution in [0.4, 0.5) is 5.69 Å². The quantitative estimate of drug-likeness (QED) is 0.917. The van der Waals surface area contributed by atoms with Gasteiger partial charge < -0.3 is 9.64 Å². The molecule has 126 valence electrons. The van der Waals surface area contributed by atoms with Gasteiger partial charge in [-0.25, -0.2) is 8.42 Å². The van der Waals surface area contributed by atoms with Gasteiger partial charge in [0.1, 0.15) is 5.75 Å². The van der Waals surface area contributed by atoms with Gasteiger partial charge in [0, 0.05) is 24.7 Å². The van der Waals surface area contributed by atoms with Crippen LogP contribution in [-0.4, -0.2) is 44.2 Å². The van der Waals surface area contributed by atoms with E-state index in [1.165, 1.54) is 0 Å². The Morgan fingerprint density at radius 3 is 2.91 bits per heavy atom. The lowest BCUT2D eigenvalue weighted by Crippen LogP contribution is -2.45. The summed E-state index contributed by atoms with van der Waals surface area (Å²) in [5, 5.41) is 0. The molecular formula is C16H22N2O4S. The maximum absolute atomic E-state index is 12.9. The molecule has 1 aromatic rings. The lowest BCUT2D eigenvalue weighted by atomic mass is 9.97. The van der Waals surface area contributed by atoms with Gasteiger partial charge in [0.15, 0.2) is 0 Å². The molecule has 6 nitrogen and oxygen atoms in total. The summed E-state index contributed by atoms with van der Waals surface area (Å²) in [5.74, 6) is 0.448. The fourth-order valence-electron chi connectivity index (χ4n) is 3.17. The minimum absolute atomic E-state index is 0.0112. The number of hydrogen-bond donors (Lipinski definition) is 1. The van der Waals surface area contributed by atoms with Crippen LogP contribution < -0.4 is 9.46 Å². The number of hydrogen-bond acceptors (Lipinski definition) is 4. The third kappa shape index (κ3) is 3.44. The highest BCUT2D eigenvalue weighted by Crippen LogP contribution is 2.31. The van der Waals surface area contributed by atoms with Crippen molar-refractivity contribution in [1.29, 1.82) is 0 Å². The number of rotatable bonds is 3. The number of fused-ring (bicyclic) bond motifs is 2. The van der Waals surface area contributed by atoms with Crippen molar-refractivity contribution in [2.24, 2.45) is 0 Å². The van der Waals surface area contributed by atoms with Gasteiger partial charge in [-0.15, -0.1) is 0 Å². The molecule has 1 fully saturated rings. The number of amides is 1. The van der Waals surface area contributed by atoms with Crippen LogP contribution in [0, 0.1) is 0 Å². The maximum Gasteiger partial charge on any atom is 0.257 e. The van der Waals surface area contributed by atoms with Crippen molar-refractivity contribution < 1.29 is 17.9 Å². The molecule has 1 aromatic carbocycles. The van der Waals surface area contributed by atoms with Crippen molar-refractivity contribution in [2.45, 2.75) is 38.6 Å². The molecule has 1 amide bonds. The molecule has 0 spiro atoms. The van der Waals surface area contributed by atoms with Crippen LogP contribution in [-0.2, 0) is 10.0 Å². The zero-order chi connectivity index (χ0) is 16.4. The summed E-state index contributed by atoms with van der Waals surface area (Å²) in [4.78, 5) is 14.8. The Labute approximate surface area is 136 Å². The molecule has 0 bridgehead atoms. The smallest absolute Gasteiger partial charge is 0.257 e. The van der Waals surface area contributed by atoms with Crippen molar-refractivity contribution in [2.75, 3.05) is 23.6 Å². The van der Waals surface area contributed by atoms with E-state index in [-0.39, 0.29) is 17.7 Å². The Hall–Kier alpha value is -1.76. The Morgan fingerprint density at radius 1 is 1.30 bits per heavy atom. The van der Waals surface area contributed by atoms with Crippen LogP contribution in [0.15, 0.2) is 18.2 Å². The van der Waals surface area contributed by atoms with Gasteiger partial charge in [-0.1, -0.05) is 0 Å². The highest BCUT2D eigenvalue weighted by molar-refractivity contribution is 7.92. The molecule has 7 heteroatoms. The van der Waals surface area contributed by atoms with E-state index < -0.39 is 10.0 Å². The fraction of sp³-hybridized carbons (Fsp3) is 0.562. The van der Waals surface area contributed by atoms with Crippen LogP contribution in [0.5, 0.6) is 5.75 Å². The molecule has 3 rings (SSSR count). The van der Waals surface area contributed by atoms with Crippen molar-refractivity contribution in [3.63, 3.8) is 0 Å². The van der Waals surface area contributed by atoms with Crippen molar-refractivity contribution in [3.05, 3.63) is 23.8 Å². The predicted octanol–water partition coefficient (Wildman–Crippen LogP) is 2.23. The van der Waals surface area contributed by atoms with Gasteiger partial charge in [-0.05, 0) is 44.4 Å². The van der Waals surface area contributed by atoms with Crippen LogP contribution >= 0.6 is 0 Å². The molecule has 1 unspecified atom stereocenters. The summed E-state index contributed by atoms with van der Waals surface area (Å²) < 4.78 is 31.7. The number of carbonyl (C=O) groups excluding carboxylic acids is 1.